The van der Waals surface area contributed by atoms with Crippen LogP contribution in [0.1, 0.15) is 22.3 Å². The lowest BCUT2D eigenvalue weighted by atomic mass is 10.2. The molecule has 0 aromatic carbocycles. The largest absolute Gasteiger partial charge is 0.351 e. The first-order chi connectivity index (χ1) is 6.74. The number of aryl methyl sites for hydroxylation is 1. The van der Waals surface area contributed by atoms with Crippen molar-refractivity contribution in [2.45, 2.75) is 13.3 Å². The molecule has 0 bridgehead atoms. The minimum atomic E-state index is -0.184. The number of rotatable bonds is 3. The highest BCUT2D eigenvalue weighted by Gasteiger charge is 2.04. The average Bonchev–Trinajstić information content (AvgIpc) is 2.18. The molecule has 4 nitrogen and oxygen atoms in total. The lowest BCUT2D eigenvalue weighted by Gasteiger charge is -2.02. The van der Waals surface area contributed by atoms with Gasteiger partial charge in [-0.3, -0.25) is 9.78 Å². The zero-order chi connectivity index (χ0) is 10.4. The summed E-state index contributed by atoms with van der Waals surface area (Å²) < 4.78 is 0. The van der Waals surface area contributed by atoms with Gasteiger partial charge in [0.25, 0.3) is 5.91 Å². The molecule has 1 amide bonds. The Hall–Kier alpha value is -1.89. The first kappa shape index (κ1) is 10.2. The van der Waals surface area contributed by atoms with E-state index in [1.54, 1.807) is 12.3 Å². The van der Waals surface area contributed by atoms with Gasteiger partial charge < -0.3 is 5.32 Å². The maximum Gasteiger partial charge on any atom is 0.252 e. The van der Waals surface area contributed by atoms with Gasteiger partial charge in [0.1, 0.15) is 0 Å². The lowest BCUT2D eigenvalue weighted by molar-refractivity contribution is 0.0954. The smallest absolute Gasteiger partial charge is 0.252 e. The molecule has 1 aromatic heterocycles. The molecule has 0 aliphatic heterocycles. The fourth-order valence-electron chi connectivity index (χ4n) is 1.01. The molecule has 0 saturated heterocycles. The molecule has 0 spiro atoms. The van der Waals surface area contributed by atoms with Gasteiger partial charge in [-0.25, -0.2) is 0 Å². The maximum atomic E-state index is 11.4. The number of hydrogen-bond acceptors (Lipinski definition) is 3. The summed E-state index contributed by atoms with van der Waals surface area (Å²) in [5.74, 6) is -0.184. The van der Waals surface area contributed by atoms with Crippen molar-refractivity contribution < 1.29 is 4.79 Å². The summed E-state index contributed by atoms with van der Waals surface area (Å²) >= 11 is 0. The summed E-state index contributed by atoms with van der Waals surface area (Å²) in [6, 6.07) is 3.71. The fraction of sp³-hybridized carbons (Fsp3) is 0.300. The zero-order valence-corrected chi connectivity index (χ0v) is 7.95. The molecule has 1 heterocycles. The lowest BCUT2D eigenvalue weighted by Crippen LogP contribution is -2.24. The summed E-state index contributed by atoms with van der Waals surface area (Å²) in [4.78, 5) is 15.3. The van der Waals surface area contributed by atoms with Crippen LogP contribution in [-0.4, -0.2) is 17.4 Å². The standard InChI is InChI=1S/C10H11N3O/c1-8-5-9(7-12-6-8)10(14)13-4-2-3-11/h5-7H,2,4H2,1H3,(H,13,14). The number of carbonyl (C=O) groups excluding carboxylic acids is 1. The van der Waals surface area contributed by atoms with E-state index in [0.29, 0.717) is 18.5 Å². The van der Waals surface area contributed by atoms with Gasteiger partial charge in [0.15, 0.2) is 0 Å². The predicted octanol–water partition coefficient (Wildman–Crippen LogP) is 1.03. The van der Waals surface area contributed by atoms with E-state index in [2.05, 4.69) is 10.3 Å². The van der Waals surface area contributed by atoms with Crippen molar-refractivity contribution in [3.63, 3.8) is 0 Å². The third kappa shape index (κ3) is 2.87. The summed E-state index contributed by atoms with van der Waals surface area (Å²) in [7, 11) is 0. The van der Waals surface area contributed by atoms with Crippen LogP contribution in [0.4, 0.5) is 0 Å². The van der Waals surface area contributed by atoms with E-state index in [0.717, 1.165) is 5.56 Å². The highest BCUT2D eigenvalue weighted by molar-refractivity contribution is 5.93. The Balaban J connectivity index is 2.57. The monoisotopic (exact) mass is 189 g/mol. The predicted molar refractivity (Wildman–Crippen MR) is 51.5 cm³/mol. The molecule has 72 valence electrons. The third-order valence-electron chi connectivity index (χ3n) is 1.66. The molecule has 1 N–H and O–H groups in total. The molecule has 0 aliphatic carbocycles. The number of nitrogens with zero attached hydrogens (tertiary/aromatic N) is 2. The van der Waals surface area contributed by atoms with Crippen molar-refractivity contribution in [3.8, 4) is 6.07 Å². The second-order valence-electron chi connectivity index (χ2n) is 2.91. The Kier molecular flexibility index (Phi) is 3.62. The average molecular weight is 189 g/mol. The second kappa shape index (κ2) is 4.97. The summed E-state index contributed by atoms with van der Waals surface area (Å²) in [5.41, 5.74) is 1.47. The van der Waals surface area contributed by atoms with Gasteiger partial charge in [-0.15, -0.1) is 0 Å². The summed E-state index contributed by atoms with van der Waals surface area (Å²) in [5, 5.41) is 10.9. The quantitative estimate of drug-likeness (QED) is 0.722. The van der Waals surface area contributed by atoms with Crippen LogP contribution in [0.15, 0.2) is 18.5 Å². The molecule has 0 aliphatic rings. The van der Waals surface area contributed by atoms with Crippen LogP contribution in [0.25, 0.3) is 0 Å². The molecule has 0 unspecified atom stereocenters. The molecule has 1 rings (SSSR count). The number of pyridine rings is 1. The van der Waals surface area contributed by atoms with E-state index < -0.39 is 0 Å². The second-order valence-corrected chi connectivity index (χ2v) is 2.91. The van der Waals surface area contributed by atoms with E-state index in [9.17, 15) is 4.79 Å². The Labute approximate surface area is 82.6 Å². The van der Waals surface area contributed by atoms with Gasteiger partial charge in [-0.2, -0.15) is 5.26 Å². The van der Waals surface area contributed by atoms with Crippen molar-refractivity contribution in [2.75, 3.05) is 6.54 Å². The molecule has 4 heteroatoms. The van der Waals surface area contributed by atoms with E-state index in [1.165, 1.54) is 6.20 Å². The first-order valence-electron chi connectivity index (χ1n) is 4.31. The highest BCUT2D eigenvalue weighted by Crippen LogP contribution is 2.00. The van der Waals surface area contributed by atoms with Gasteiger partial charge in [-0.05, 0) is 18.6 Å². The van der Waals surface area contributed by atoms with Gasteiger partial charge in [0, 0.05) is 18.9 Å². The Morgan fingerprint density at radius 2 is 2.43 bits per heavy atom. The van der Waals surface area contributed by atoms with E-state index in [4.69, 9.17) is 5.26 Å². The summed E-state index contributed by atoms with van der Waals surface area (Å²) in [6.07, 6.45) is 3.52. The molecule has 14 heavy (non-hydrogen) atoms. The normalized spacial score (nSPS) is 9.14. The zero-order valence-electron chi connectivity index (χ0n) is 7.95. The van der Waals surface area contributed by atoms with E-state index in [-0.39, 0.29) is 5.91 Å². The van der Waals surface area contributed by atoms with Gasteiger partial charge >= 0.3 is 0 Å². The van der Waals surface area contributed by atoms with Crippen LogP contribution in [0, 0.1) is 18.3 Å². The Morgan fingerprint density at radius 1 is 1.64 bits per heavy atom. The molecule has 1 aromatic rings. The van der Waals surface area contributed by atoms with Gasteiger partial charge in [0.05, 0.1) is 18.1 Å². The van der Waals surface area contributed by atoms with Gasteiger partial charge in [0.2, 0.25) is 0 Å². The van der Waals surface area contributed by atoms with Crippen LogP contribution in [-0.2, 0) is 0 Å². The van der Waals surface area contributed by atoms with Crippen molar-refractivity contribution in [2.24, 2.45) is 0 Å². The van der Waals surface area contributed by atoms with Crippen LogP contribution in [0.2, 0.25) is 0 Å². The maximum absolute atomic E-state index is 11.4. The topological polar surface area (TPSA) is 65.8 Å². The number of aromatic nitrogens is 1. The van der Waals surface area contributed by atoms with Gasteiger partial charge in [-0.1, -0.05) is 0 Å². The highest BCUT2D eigenvalue weighted by atomic mass is 16.1. The number of nitrogens with one attached hydrogen (secondary N) is 1. The Bertz CT molecular complexity index is 368. The minimum Gasteiger partial charge on any atom is -0.351 e. The third-order valence-corrected chi connectivity index (χ3v) is 1.66. The fourth-order valence-corrected chi connectivity index (χ4v) is 1.01. The van der Waals surface area contributed by atoms with Crippen molar-refractivity contribution >= 4 is 5.91 Å². The molecular formula is C10H11N3O. The van der Waals surface area contributed by atoms with Crippen molar-refractivity contribution in [1.82, 2.24) is 10.3 Å². The number of amides is 1. The SMILES string of the molecule is Cc1cncc(C(=O)NCCC#N)c1. The molecule has 0 saturated carbocycles. The number of hydrogen-bond donors (Lipinski definition) is 1. The molecule has 0 radical (unpaired) electrons. The minimum absolute atomic E-state index is 0.184. The van der Waals surface area contributed by atoms with Crippen molar-refractivity contribution in [1.29, 1.82) is 5.26 Å². The Morgan fingerprint density at radius 3 is 3.07 bits per heavy atom. The van der Waals surface area contributed by atoms with Crippen LogP contribution < -0.4 is 5.32 Å². The van der Waals surface area contributed by atoms with Crippen molar-refractivity contribution in [3.05, 3.63) is 29.6 Å². The van der Waals surface area contributed by atoms with E-state index in [1.807, 2.05) is 13.0 Å². The van der Waals surface area contributed by atoms with Crippen LogP contribution >= 0.6 is 0 Å². The van der Waals surface area contributed by atoms with E-state index >= 15 is 0 Å². The summed E-state index contributed by atoms with van der Waals surface area (Å²) in [6.45, 7) is 2.25. The van der Waals surface area contributed by atoms with Crippen LogP contribution in [0.3, 0.4) is 0 Å². The number of carbonyl (C=O) groups is 1. The first-order valence-corrected chi connectivity index (χ1v) is 4.31. The molecule has 0 atom stereocenters. The van der Waals surface area contributed by atoms with Crippen LogP contribution in [0.5, 0.6) is 0 Å². The molecule has 0 fully saturated rings. The number of nitriles is 1. The molecular weight excluding hydrogens is 178 g/mol.